The first-order chi connectivity index (χ1) is 25.2. The Morgan fingerprint density at radius 3 is 2.09 bits per heavy atom. The summed E-state index contributed by atoms with van der Waals surface area (Å²) in [6, 6.07) is 21.7. The van der Waals surface area contributed by atoms with Crippen LogP contribution in [0.25, 0.3) is 48.8 Å². The van der Waals surface area contributed by atoms with Gasteiger partial charge in [-0.25, -0.2) is 4.98 Å². The number of hydrogen-bond donors (Lipinski definition) is 1. The smallest absolute Gasteiger partial charge is 0.162 e. The maximum absolute atomic E-state index is 12.3. The Labute approximate surface area is 350 Å². The van der Waals surface area contributed by atoms with E-state index in [2.05, 4.69) is 161 Å². The number of carbonyl (C=O) groups is 1. The Hall–Kier alpha value is -3.01. The molecule has 0 bridgehead atoms. The number of thiophene rings is 1. The summed E-state index contributed by atoms with van der Waals surface area (Å²) in [4.78, 5) is 23.2. The molecule has 0 saturated carbocycles. The second-order valence-electron chi connectivity index (χ2n) is 18.2. The Morgan fingerprint density at radius 1 is 0.873 bits per heavy atom. The van der Waals surface area contributed by atoms with Crippen molar-refractivity contribution in [2.24, 2.45) is 35.5 Å². The van der Waals surface area contributed by atoms with Crippen molar-refractivity contribution in [3.63, 3.8) is 0 Å². The maximum Gasteiger partial charge on any atom is 0.162 e. The predicted molar refractivity (Wildman–Crippen MR) is 241 cm³/mol. The molecular weight excluding hydrogens is 905 g/mol. The van der Waals surface area contributed by atoms with Crippen molar-refractivity contribution >= 4 is 70.7 Å². The molecule has 55 heavy (non-hydrogen) atoms. The summed E-state index contributed by atoms with van der Waals surface area (Å²) >= 11 is 1.82. The van der Waals surface area contributed by atoms with Crippen LogP contribution in [0.1, 0.15) is 66.5 Å². The third-order valence-corrected chi connectivity index (χ3v) is 17.3. The Kier molecular flexibility index (Phi) is 14.3. The van der Waals surface area contributed by atoms with Crippen molar-refractivity contribution in [3.05, 3.63) is 89.6 Å². The van der Waals surface area contributed by atoms with Crippen LogP contribution in [0.15, 0.2) is 72.4 Å². The zero-order valence-corrected chi connectivity index (χ0v) is 40.6. The molecule has 1 radical (unpaired) electrons. The van der Waals surface area contributed by atoms with E-state index in [9.17, 15) is 9.90 Å². The topological polar surface area (TPSA) is 63.1 Å². The summed E-state index contributed by atoms with van der Waals surface area (Å²) in [5.41, 5.74) is 9.45. The number of fused-ring (bicyclic) bond motifs is 3. The molecule has 4 nitrogen and oxygen atoms in total. The van der Waals surface area contributed by atoms with Crippen LogP contribution in [-0.4, -0.2) is 37.0 Å². The number of rotatable bonds is 10. The molecule has 0 aliphatic carbocycles. The average molecular weight is 966 g/mol. The number of aliphatic hydroxyl groups excluding tert-OH is 1. The molecule has 1 N–H and O–H groups in total. The molecule has 5 aromatic rings. The minimum Gasteiger partial charge on any atom is -0.512 e. The van der Waals surface area contributed by atoms with E-state index in [1.807, 2.05) is 11.3 Å². The third-order valence-electron chi connectivity index (χ3n) is 11.1. The zero-order chi connectivity index (χ0) is 39.9. The quantitative estimate of drug-likeness (QED) is 0.0656. The number of ketones is 1. The average Bonchev–Trinajstić information content (AvgIpc) is 3.58. The molecule has 3 heterocycles. The van der Waals surface area contributed by atoms with Crippen molar-refractivity contribution in [2.75, 3.05) is 0 Å². The number of hydrogen-bond acceptors (Lipinski definition) is 5. The molecule has 0 atom stereocenters. The number of aliphatic hydroxyl groups is 1. The van der Waals surface area contributed by atoms with Crippen LogP contribution in [0.2, 0.25) is 32.7 Å². The van der Waals surface area contributed by atoms with Crippen LogP contribution < -0.4 is 10.4 Å². The fourth-order valence-electron chi connectivity index (χ4n) is 8.50. The molecule has 295 valence electrons. The Balaban J connectivity index is 0.000000290. The first-order valence-electron chi connectivity index (χ1n) is 19.7. The molecule has 1 aliphatic heterocycles. The summed E-state index contributed by atoms with van der Waals surface area (Å²) in [5, 5.41) is 15.8. The van der Waals surface area contributed by atoms with Crippen LogP contribution in [0.4, 0.5) is 0 Å². The first-order valence-corrected chi connectivity index (χ1v) is 27.1. The number of allylic oxidation sites excluding steroid dienone is 2. The van der Waals surface area contributed by atoms with Crippen molar-refractivity contribution in [3.8, 4) is 21.7 Å². The molecule has 0 amide bonds. The van der Waals surface area contributed by atoms with Gasteiger partial charge in [0.2, 0.25) is 0 Å². The second kappa shape index (κ2) is 17.6. The summed E-state index contributed by atoms with van der Waals surface area (Å²) in [7, 11) is -3.00. The molecule has 0 unspecified atom stereocenters. The van der Waals surface area contributed by atoms with E-state index in [0.29, 0.717) is 23.7 Å². The SMILES string of the molecule is CC(C)C(C(=O)/C=C(\O)C(C(C)C)C(C)C)C(C)C.Cc1c(-c2ccc3c(c2)C=C[Si]3(C)C)sc2c(-c3[c-]c4ccccc4c([Si](C)(C)C)c3)ncnc12.[Ir]. The van der Waals surface area contributed by atoms with Gasteiger partial charge < -0.3 is 5.11 Å². The molecule has 0 saturated heterocycles. The van der Waals surface area contributed by atoms with Gasteiger partial charge in [-0.3, -0.25) is 9.78 Å². The maximum atomic E-state index is 12.3. The molecule has 0 spiro atoms. The molecule has 2 aromatic heterocycles. The van der Waals surface area contributed by atoms with Crippen LogP contribution in [0.5, 0.6) is 0 Å². The summed E-state index contributed by atoms with van der Waals surface area (Å²) in [6.45, 7) is 30.9. The van der Waals surface area contributed by atoms with Gasteiger partial charge >= 0.3 is 0 Å². The van der Waals surface area contributed by atoms with Crippen LogP contribution in [0, 0.1) is 48.5 Å². The standard InChI is InChI=1S/C30H29N2SSi2.C17H32O2.Ir/c1-19-27-30(33-29(19)22-11-12-25-21(16-22)13-14-35(25,5)6)28(32-18-31-27)23-15-20-9-7-8-10-24(20)26(17-23)34(2,3)4;1-10(2)16(11(3)4)14(18)9-15(19)17(12(5)6)13(7)8;/h7-14,16-18H,1-6H3;9-13,16-18H,1-8H3;/q-1;;/b;14-9-;. The molecule has 3 aromatic carbocycles. The van der Waals surface area contributed by atoms with Crippen LogP contribution >= 0.6 is 11.3 Å². The molecular formula is C47H61IrN2O2SSi2-. The molecule has 8 heteroatoms. The number of aromatic nitrogens is 2. The van der Waals surface area contributed by atoms with Gasteiger partial charge in [0.25, 0.3) is 0 Å². The van der Waals surface area contributed by atoms with E-state index in [0.717, 1.165) is 21.5 Å². The second-order valence-corrected chi connectivity index (χ2v) is 28.6. The van der Waals surface area contributed by atoms with Crippen LogP contribution in [0.3, 0.4) is 0 Å². The van der Waals surface area contributed by atoms with Crippen LogP contribution in [-0.2, 0) is 24.9 Å². The van der Waals surface area contributed by atoms with Gasteiger partial charge in [0.1, 0.15) is 14.4 Å². The van der Waals surface area contributed by atoms with E-state index in [1.54, 1.807) is 6.33 Å². The van der Waals surface area contributed by atoms with E-state index in [4.69, 9.17) is 9.97 Å². The third kappa shape index (κ3) is 9.59. The summed E-state index contributed by atoms with van der Waals surface area (Å²) in [5.74, 6) is 1.63. The van der Waals surface area contributed by atoms with Gasteiger partial charge in [0.15, 0.2) is 5.78 Å². The minimum absolute atomic E-state index is 0. The van der Waals surface area contributed by atoms with Crippen molar-refractivity contribution in [2.45, 2.75) is 95.0 Å². The van der Waals surface area contributed by atoms with Gasteiger partial charge in [-0.2, -0.15) is 0 Å². The van der Waals surface area contributed by atoms with E-state index in [-0.39, 0.29) is 43.5 Å². The fraction of sp³-hybridized carbons (Fsp3) is 0.426. The van der Waals surface area contributed by atoms with Gasteiger partial charge in [0.05, 0.1) is 19.3 Å². The Morgan fingerprint density at radius 2 is 1.49 bits per heavy atom. The van der Waals surface area contributed by atoms with Gasteiger partial charge in [-0.1, -0.05) is 141 Å². The van der Waals surface area contributed by atoms with Crippen molar-refractivity contribution in [1.29, 1.82) is 0 Å². The number of nitrogens with zero attached hydrogens (tertiary/aromatic N) is 2. The van der Waals surface area contributed by atoms with Crippen molar-refractivity contribution < 1.29 is 30.0 Å². The van der Waals surface area contributed by atoms with Gasteiger partial charge in [-0.05, 0) is 58.5 Å². The molecule has 0 fully saturated rings. The zero-order valence-electron chi connectivity index (χ0n) is 35.4. The first kappa shape index (κ1) is 44.7. The Bertz CT molecular complexity index is 2210. The van der Waals surface area contributed by atoms with E-state index >= 15 is 0 Å². The van der Waals surface area contributed by atoms with Gasteiger partial charge in [0, 0.05) is 53.3 Å². The molecule has 6 rings (SSSR count). The number of carbonyl (C=O) groups excluding carboxylic acids is 1. The van der Waals surface area contributed by atoms with Gasteiger partial charge in [-0.15, -0.1) is 40.1 Å². The van der Waals surface area contributed by atoms with E-state index in [1.165, 1.54) is 48.8 Å². The predicted octanol–water partition coefficient (Wildman–Crippen LogP) is 12.2. The fourth-order valence-corrected chi connectivity index (χ4v) is 13.6. The molecule has 1 aliphatic rings. The number of aryl methyl sites for hydroxylation is 1. The monoisotopic (exact) mass is 966 g/mol. The minimum atomic E-state index is -1.57. The summed E-state index contributed by atoms with van der Waals surface area (Å²) < 4.78 is 1.15. The normalized spacial score (nSPS) is 14.1. The van der Waals surface area contributed by atoms with E-state index < -0.39 is 16.1 Å². The number of benzene rings is 3. The largest absolute Gasteiger partial charge is 0.512 e. The summed E-state index contributed by atoms with van der Waals surface area (Å²) in [6.07, 6.45) is 5.52. The van der Waals surface area contributed by atoms with Crippen molar-refractivity contribution in [1.82, 2.24) is 9.97 Å².